The molecule has 0 aliphatic rings. The molecule has 1 rings (SSSR count). The summed E-state index contributed by atoms with van der Waals surface area (Å²) in [4.78, 5) is 39.5. The van der Waals surface area contributed by atoms with E-state index in [2.05, 4.69) is 20.9 Å². The Balaban J connectivity index is 2.78. The molecule has 0 aromatic heterocycles. The first kappa shape index (κ1) is 21.9. The van der Waals surface area contributed by atoms with Crippen LogP contribution in [0.2, 0.25) is 0 Å². The van der Waals surface area contributed by atoms with Crippen LogP contribution in [0, 0.1) is 6.92 Å². The maximum Gasteiger partial charge on any atom is 0.413 e. The number of aliphatic imine (C=N–C) groups is 1. The van der Waals surface area contributed by atoms with Crippen LogP contribution in [0.5, 0.6) is 0 Å². The molecule has 1 atom stereocenters. The molecule has 0 bridgehead atoms. The molecule has 0 spiro atoms. The zero-order chi connectivity index (χ0) is 20.4. The Hall–Kier alpha value is -3.10. The van der Waals surface area contributed by atoms with Gasteiger partial charge in [0.2, 0.25) is 11.9 Å². The lowest BCUT2D eigenvalue weighted by atomic mass is 10.1. The fraction of sp³-hybridized carbons (Fsp3) is 0.444. The zero-order valence-electron chi connectivity index (χ0n) is 16.1. The number of amides is 3. The van der Waals surface area contributed by atoms with Crippen molar-refractivity contribution in [1.82, 2.24) is 16.0 Å². The number of ether oxygens (including phenoxy) is 1. The number of aryl methyl sites for hydroxylation is 1. The highest BCUT2D eigenvalue weighted by molar-refractivity contribution is 5.98. The fourth-order valence-corrected chi connectivity index (χ4v) is 1.99. The molecule has 0 aliphatic carbocycles. The summed E-state index contributed by atoms with van der Waals surface area (Å²) in [6.45, 7) is 7.39. The molecule has 0 radical (unpaired) electrons. The predicted octanol–water partition coefficient (Wildman–Crippen LogP) is 1.33. The molecule has 0 fully saturated rings. The molecular weight excluding hydrogens is 350 g/mol. The maximum atomic E-state index is 12.3. The Bertz CT molecular complexity index is 718. The van der Waals surface area contributed by atoms with Crippen molar-refractivity contribution in [3.05, 3.63) is 29.3 Å². The third-order valence-electron chi connectivity index (χ3n) is 3.65. The topological polar surface area (TPSA) is 135 Å². The lowest BCUT2D eigenvalue weighted by Gasteiger charge is -2.12. The minimum Gasteiger partial charge on any atom is -0.450 e. The van der Waals surface area contributed by atoms with Crippen LogP contribution in [0.1, 0.15) is 43.1 Å². The Morgan fingerprint density at radius 3 is 2.59 bits per heavy atom. The van der Waals surface area contributed by atoms with Crippen molar-refractivity contribution in [3.8, 4) is 0 Å². The van der Waals surface area contributed by atoms with Gasteiger partial charge in [0.1, 0.15) is 0 Å². The molecule has 27 heavy (non-hydrogen) atoms. The number of nitrogens with two attached hydrogens (primary N) is 1. The second-order valence-electron chi connectivity index (χ2n) is 5.90. The number of hydrogen-bond acceptors (Lipinski definition) is 5. The van der Waals surface area contributed by atoms with E-state index in [1.807, 2.05) is 13.8 Å². The van der Waals surface area contributed by atoms with E-state index in [1.54, 1.807) is 26.0 Å². The average molecular weight is 377 g/mol. The van der Waals surface area contributed by atoms with Crippen molar-refractivity contribution in [2.24, 2.45) is 10.7 Å². The summed E-state index contributed by atoms with van der Waals surface area (Å²) in [6.07, 6.45) is 0.0953. The summed E-state index contributed by atoms with van der Waals surface area (Å²) in [5.41, 5.74) is 7.17. The van der Waals surface area contributed by atoms with Crippen LogP contribution in [0.15, 0.2) is 23.2 Å². The van der Waals surface area contributed by atoms with Gasteiger partial charge in [-0.15, -0.1) is 0 Å². The molecule has 1 unspecified atom stereocenters. The van der Waals surface area contributed by atoms with E-state index in [-0.39, 0.29) is 31.1 Å². The molecule has 3 amide bonds. The molecule has 148 valence electrons. The number of nitrogens with one attached hydrogen (secondary N) is 3. The number of carbonyl (C=O) groups is 3. The summed E-state index contributed by atoms with van der Waals surface area (Å²) in [7, 11) is 0. The number of guanidine groups is 1. The van der Waals surface area contributed by atoms with E-state index in [9.17, 15) is 14.4 Å². The second kappa shape index (κ2) is 10.8. The number of alkyl carbamates (subject to hydrolysis) is 1. The minimum atomic E-state index is -0.711. The largest absolute Gasteiger partial charge is 0.450 e. The van der Waals surface area contributed by atoms with Crippen molar-refractivity contribution < 1.29 is 19.1 Å². The van der Waals surface area contributed by atoms with E-state index in [0.717, 1.165) is 12.0 Å². The summed E-state index contributed by atoms with van der Waals surface area (Å²) in [6, 6.07) is 4.89. The van der Waals surface area contributed by atoms with Crippen LogP contribution in [-0.4, -0.2) is 43.1 Å². The molecule has 0 heterocycles. The van der Waals surface area contributed by atoms with Crippen molar-refractivity contribution in [2.75, 3.05) is 13.2 Å². The second-order valence-corrected chi connectivity index (χ2v) is 5.90. The standard InChI is InChI=1S/C18H27N5O4/c1-5-12(4)21-15(24)10-20-16(25)13-8-7-11(3)14(9-13)22-17(19)23-18(26)27-6-2/h7-9,12H,5-6,10H2,1-4H3,(H,20,25)(H,21,24)(H3,19,22,23,26). The Morgan fingerprint density at radius 2 is 1.96 bits per heavy atom. The molecule has 9 heteroatoms. The van der Waals surface area contributed by atoms with E-state index in [1.165, 1.54) is 6.07 Å². The molecule has 1 aromatic rings. The van der Waals surface area contributed by atoms with Crippen LogP contribution in [0.3, 0.4) is 0 Å². The molecule has 0 saturated carbocycles. The zero-order valence-corrected chi connectivity index (χ0v) is 16.1. The lowest BCUT2D eigenvalue weighted by molar-refractivity contribution is -0.120. The van der Waals surface area contributed by atoms with Gasteiger partial charge in [0.25, 0.3) is 5.91 Å². The lowest BCUT2D eigenvalue weighted by Crippen LogP contribution is -2.40. The van der Waals surface area contributed by atoms with Crippen LogP contribution in [-0.2, 0) is 9.53 Å². The molecule has 5 N–H and O–H groups in total. The first-order valence-electron chi connectivity index (χ1n) is 8.72. The van der Waals surface area contributed by atoms with Gasteiger partial charge in [0, 0.05) is 11.6 Å². The first-order valence-corrected chi connectivity index (χ1v) is 8.72. The van der Waals surface area contributed by atoms with Crippen LogP contribution in [0.25, 0.3) is 0 Å². The summed E-state index contributed by atoms with van der Waals surface area (Å²) in [5.74, 6) is -0.823. The Morgan fingerprint density at radius 1 is 1.26 bits per heavy atom. The highest BCUT2D eigenvalue weighted by Gasteiger charge is 2.11. The highest BCUT2D eigenvalue weighted by Crippen LogP contribution is 2.20. The van der Waals surface area contributed by atoms with Crippen LogP contribution in [0.4, 0.5) is 10.5 Å². The maximum absolute atomic E-state index is 12.3. The molecular formula is C18H27N5O4. The summed E-state index contributed by atoms with van der Waals surface area (Å²) < 4.78 is 4.72. The van der Waals surface area contributed by atoms with Gasteiger partial charge in [-0.2, -0.15) is 0 Å². The van der Waals surface area contributed by atoms with Crippen LogP contribution >= 0.6 is 0 Å². The molecule has 0 aliphatic heterocycles. The van der Waals surface area contributed by atoms with Gasteiger partial charge in [-0.1, -0.05) is 13.0 Å². The third kappa shape index (κ3) is 7.76. The molecule has 0 saturated heterocycles. The van der Waals surface area contributed by atoms with E-state index < -0.39 is 12.0 Å². The molecule has 1 aromatic carbocycles. The molecule has 9 nitrogen and oxygen atoms in total. The van der Waals surface area contributed by atoms with Crippen LogP contribution < -0.4 is 21.7 Å². The SMILES string of the molecule is CCOC(=O)NC(N)=Nc1cc(C(=O)NCC(=O)NC(C)CC)ccc1C. The quantitative estimate of drug-likeness (QED) is 0.420. The van der Waals surface area contributed by atoms with Crippen molar-refractivity contribution in [1.29, 1.82) is 0 Å². The van der Waals surface area contributed by atoms with Gasteiger partial charge >= 0.3 is 6.09 Å². The first-order chi connectivity index (χ1) is 12.8. The van der Waals surface area contributed by atoms with E-state index in [0.29, 0.717) is 11.3 Å². The monoisotopic (exact) mass is 377 g/mol. The van der Waals surface area contributed by atoms with Crippen molar-refractivity contribution in [3.63, 3.8) is 0 Å². The number of carbonyl (C=O) groups excluding carboxylic acids is 3. The van der Waals surface area contributed by atoms with Gasteiger partial charge < -0.3 is 21.1 Å². The van der Waals surface area contributed by atoms with E-state index in [4.69, 9.17) is 10.5 Å². The third-order valence-corrected chi connectivity index (χ3v) is 3.65. The number of benzene rings is 1. The van der Waals surface area contributed by atoms with Crippen molar-refractivity contribution in [2.45, 2.75) is 40.2 Å². The summed E-state index contributed by atoms with van der Waals surface area (Å²) >= 11 is 0. The number of hydrogen-bond donors (Lipinski definition) is 4. The number of rotatable bonds is 7. The Kier molecular flexibility index (Phi) is 8.77. The minimum absolute atomic E-state index is 0.0459. The predicted molar refractivity (Wildman–Crippen MR) is 103 cm³/mol. The van der Waals surface area contributed by atoms with Crippen molar-refractivity contribution >= 4 is 29.6 Å². The van der Waals surface area contributed by atoms with Gasteiger partial charge in [0.15, 0.2) is 0 Å². The number of nitrogens with zero attached hydrogens (tertiary/aromatic N) is 1. The van der Waals surface area contributed by atoms with Gasteiger partial charge in [-0.25, -0.2) is 9.79 Å². The smallest absolute Gasteiger partial charge is 0.413 e. The highest BCUT2D eigenvalue weighted by atomic mass is 16.5. The summed E-state index contributed by atoms with van der Waals surface area (Å²) in [5, 5.41) is 7.61. The fourth-order valence-electron chi connectivity index (χ4n) is 1.99. The van der Waals surface area contributed by atoms with E-state index >= 15 is 0 Å². The van der Waals surface area contributed by atoms with Gasteiger partial charge in [0.05, 0.1) is 18.8 Å². The normalized spacial score (nSPS) is 12.1. The Labute approximate surface area is 158 Å². The average Bonchev–Trinajstić information content (AvgIpc) is 2.61. The van der Waals surface area contributed by atoms with Gasteiger partial charge in [-0.05, 0) is 44.9 Å². The van der Waals surface area contributed by atoms with Gasteiger partial charge in [-0.3, -0.25) is 14.9 Å².